The average Bonchev–Trinajstić information content (AvgIpc) is 2.39. The van der Waals surface area contributed by atoms with E-state index in [9.17, 15) is 4.79 Å². The second-order valence-corrected chi connectivity index (χ2v) is 7.08. The predicted octanol–water partition coefficient (Wildman–Crippen LogP) is 4.86. The van der Waals surface area contributed by atoms with Crippen LogP contribution in [0.25, 0.3) is 0 Å². The maximum absolute atomic E-state index is 12.4. The van der Waals surface area contributed by atoms with Crippen LogP contribution in [0.3, 0.4) is 0 Å². The van der Waals surface area contributed by atoms with Gasteiger partial charge < -0.3 is 4.90 Å². The summed E-state index contributed by atoms with van der Waals surface area (Å²) in [5, 5.41) is 0. The molecule has 0 atom stereocenters. The molecule has 1 aromatic carbocycles. The molecule has 1 fully saturated rings. The molecule has 4 heteroatoms. The van der Waals surface area contributed by atoms with E-state index in [0.29, 0.717) is 5.92 Å². The average molecular weight is 389 g/mol. The molecule has 0 radical (unpaired) electrons. The van der Waals surface area contributed by atoms with Gasteiger partial charge in [0.05, 0.1) is 5.56 Å². The minimum absolute atomic E-state index is 0.102. The van der Waals surface area contributed by atoms with Crippen molar-refractivity contribution in [2.24, 2.45) is 5.92 Å². The molecule has 0 unspecified atom stereocenters. The summed E-state index contributed by atoms with van der Waals surface area (Å²) in [6.45, 7) is 0.876. The van der Waals surface area contributed by atoms with Gasteiger partial charge in [-0.05, 0) is 52.9 Å². The summed E-state index contributed by atoms with van der Waals surface area (Å²) < 4.78 is 1.83. The molecule has 2 nitrogen and oxygen atoms in total. The largest absolute Gasteiger partial charge is 0.341 e. The van der Waals surface area contributed by atoms with Crippen LogP contribution in [0.2, 0.25) is 0 Å². The van der Waals surface area contributed by atoms with Crippen LogP contribution in [0.5, 0.6) is 0 Å². The molecule has 0 heterocycles. The van der Waals surface area contributed by atoms with Gasteiger partial charge in [0.15, 0.2) is 0 Å². The van der Waals surface area contributed by atoms with Gasteiger partial charge in [0.25, 0.3) is 5.91 Å². The first kappa shape index (κ1) is 15.0. The zero-order valence-corrected chi connectivity index (χ0v) is 14.3. The maximum atomic E-state index is 12.4. The van der Waals surface area contributed by atoms with E-state index >= 15 is 0 Å². The summed E-state index contributed by atoms with van der Waals surface area (Å²) >= 11 is 6.87. The number of hydrogen-bond acceptors (Lipinski definition) is 1. The van der Waals surface area contributed by atoms with Crippen molar-refractivity contribution >= 4 is 37.8 Å². The first-order valence-electron chi connectivity index (χ1n) is 6.78. The molecule has 2 rings (SSSR count). The van der Waals surface area contributed by atoms with Gasteiger partial charge in [-0.1, -0.05) is 35.2 Å². The van der Waals surface area contributed by atoms with Gasteiger partial charge in [-0.2, -0.15) is 0 Å². The lowest BCUT2D eigenvalue weighted by Gasteiger charge is -2.27. The van der Waals surface area contributed by atoms with Crippen molar-refractivity contribution in [1.29, 1.82) is 0 Å². The van der Waals surface area contributed by atoms with Crippen molar-refractivity contribution in [3.63, 3.8) is 0 Å². The van der Waals surface area contributed by atoms with Crippen molar-refractivity contribution in [3.05, 3.63) is 32.7 Å². The lowest BCUT2D eigenvalue weighted by atomic mass is 9.89. The summed E-state index contributed by atoms with van der Waals surface area (Å²) in [6.07, 6.45) is 6.51. The summed E-state index contributed by atoms with van der Waals surface area (Å²) in [5.41, 5.74) is 0.738. The Morgan fingerprint density at radius 3 is 2.58 bits per heavy atom. The second kappa shape index (κ2) is 6.89. The highest BCUT2D eigenvalue weighted by atomic mass is 79.9. The van der Waals surface area contributed by atoms with Gasteiger partial charge in [-0.15, -0.1) is 0 Å². The molecule has 0 aliphatic heterocycles. The van der Waals surface area contributed by atoms with Crippen LogP contribution in [0.1, 0.15) is 42.5 Å². The Labute approximate surface area is 131 Å². The lowest BCUT2D eigenvalue weighted by Crippen LogP contribution is -2.32. The Balaban J connectivity index is 2.01. The van der Waals surface area contributed by atoms with Crippen LogP contribution in [0, 0.1) is 5.92 Å². The monoisotopic (exact) mass is 387 g/mol. The zero-order valence-electron chi connectivity index (χ0n) is 11.2. The smallest absolute Gasteiger partial charge is 0.254 e. The van der Waals surface area contributed by atoms with Crippen molar-refractivity contribution in [3.8, 4) is 0 Å². The van der Waals surface area contributed by atoms with Crippen LogP contribution in [-0.4, -0.2) is 24.4 Å². The molecule has 1 aliphatic carbocycles. The van der Waals surface area contributed by atoms with Gasteiger partial charge in [-0.25, -0.2) is 0 Å². The van der Waals surface area contributed by atoms with Crippen LogP contribution >= 0.6 is 31.9 Å². The Morgan fingerprint density at radius 2 is 1.95 bits per heavy atom. The number of halogens is 2. The van der Waals surface area contributed by atoms with E-state index in [4.69, 9.17) is 0 Å². The predicted molar refractivity (Wildman–Crippen MR) is 85.4 cm³/mol. The molecule has 104 valence electrons. The normalized spacial score (nSPS) is 16.4. The van der Waals surface area contributed by atoms with Crippen molar-refractivity contribution in [2.45, 2.75) is 32.1 Å². The molecule has 0 bridgehead atoms. The Hall–Kier alpha value is -0.350. The van der Waals surface area contributed by atoms with Crippen LogP contribution < -0.4 is 0 Å². The summed E-state index contributed by atoms with van der Waals surface area (Å²) in [5.74, 6) is 0.780. The quantitative estimate of drug-likeness (QED) is 0.723. The fraction of sp³-hybridized carbons (Fsp3) is 0.533. The summed E-state index contributed by atoms with van der Waals surface area (Å²) in [4.78, 5) is 14.3. The highest BCUT2D eigenvalue weighted by Gasteiger charge is 2.20. The number of nitrogens with zero attached hydrogens (tertiary/aromatic N) is 1. The van der Waals surface area contributed by atoms with E-state index in [1.165, 1.54) is 32.1 Å². The van der Waals surface area contributed by atoms with Gasteiger partial charge in [-0.3, -0.25) is 4.79 Å². The van der Waals surface area contributed by atoms with E-state index in [1.807, 2.05) is 30.1 Å². The first-order valence-corrected chi connectivity index (χ1v) is 8.37. The molecular weight excluding hydrogens is 370 g/mol. The molecular formula is C15H19Br2NO. The van der Waals surface area contributed by atoms with Crippen LogP contribution in [-0.2, 0) is 0 Å². The summed E-state index contributed by atoms with van der Waals surface area (Å²) in [6, 6.07) is 5.70. The van der Waals surface area contributed by atoms with Gasteiger partial charge >= 0.3 is 0 Å². The Bertz CT molecular complexity index is 455. The number of rotatable bonds is 3. The molecule has 0 spiro atoms. The van der Waals surface area contributed by atoms with Crippen LogP contribution in [0.4, 0.5) is 0 Å². The minimum Gasteiger partial charge on any atom is -0.341 e. The maximum Gasteiger partial charge on any atom is 0.254 e. The minimum atomic E-state index is 0.102. The molecule has 1 aliphatic rings. The van der Waals surface area contributed by atoms with E-state index in [2.05, 4.69) is 31.9 Å². The highest BCUT2D eigenvalue weighted by Crippen LogP contribution is 2.26. The third-order valence-corrected chi connectivity index (χ3v) is 4.91. The van der Waals surface area contributed by atoms with Gasteiger partial charge in [0.2, 0.25) is 0 Å². The molecule has 0 N–H and O–H groups in total. The number of amides is 1. The van der Waals surface area contributed by atoms with E-state index < -0.39 is 0 Å². The molecule has 1 saturated carbocycles. The van der Waals surface area contributed by atoms with Crippen LogP contribution in [0.15, 0.2) is 27.1 Å². The fourth-order valence-electron chi connectivity index (χ4n) is 2.71. The van der Waals surface area contributed by atoms with Crippen molar-refractivity contribution in [1.82, 2.24) is 4.90 Å². The number of benzene rings is 1. The number of carbonyl (C=O) groups is 1. The topological polar surface area (TPSA) is 20.3 Å². The molecule has 0 saturated heterocycles. The van der Waals surface area contributed by atoms with E-state index in [-0.39, 0.29) is 5.91 Å². The van der Waals surface area contributed by atoms with Gasteiger partial charge in [0, 0.05) is 22.5 Å². The zero-order chi connectivity index (χ0) is 13.8. The third-order valence-electron chi connectivity index (χ3n) is 3.77. The van der Waals surface area contributed by atoms with E-state index in [0.717, 1.165) is 21.1 Å². The standard InChI is InChI=1S/C15H19Br2NO/c1-18(10-11-5-3-2-4-6-11)15(19)13-8-7-12(16)9-14(13)17/h7-9,11H,2-6,10H2,1H3. The third kappa shape index (κ3) is 4.06. The van der Waals surface area contributed by atoms with Gasteiger partial charge in [0.1, 0.15) is 0 Å². The number of carbonyl (C=O) groups excluding carboxylic acids is 1. The molecule has 1 amide bonds. The number of hydrogen-bond donors (Lipinski definition) is 0. The highest BCUT2D eigenvalue weighted by molar-refractivity contribution is 9.11. The molecule has 19 heavy (non-hydrogen) atoms. The SMILES string of the molecule is CN(CC1CCCCC1)C(=O)c1ccc(Br)cc1Br. The van der Waals surface area contributed by atoms with Crippen molar-refractivity contribution < 1.29 is 4.79 Å². The van der Waals surface area contributed by atoms with E-state index in [1.54, 1.807) is 0 Å². The Morgan fingerprint density at radius 1 is 1.26 bits per heavy atom. The first-order chi connectivity index (χ1) is 9.08. The Kier molecular flexibility index (Phi) is 5.46. The fourth-order valence-corrected chi connectivity index (χ4v) is 3.93. The summed E-state index contributed by atoms with van der Waals surface area (Å²) in [7, 11) is 1.91. The lowest BCUT2D eigenvalue weighted by molar-refractivity contribution is 0.0759. The second-order valence-electron chi connectivity index (χ2n) is 5.31. The van der Waals surface area contributed by atoms with Crippen molar-refractivity contribution in [2.75, 3.05) is 13.6 Å². The molecule has 0 aromatic heterocycles. The molecule has 1 aromatic rings.